The van der Waals surface area contributed by atoms with Crippen LogP contribution in [-0.4, -0.2) is 50.5 Å². The molecule has 1 aliphatic rings. The lowest BCUT2D eigenvalue weighted by molar-refractivity contribution is 0.0962. The molecule has 1 aliphatic heterocycles. The molecule has 0 radical (unpaired) electrons. The molecule has 2 aromatic rings. The van der Waals surface area contributed by atoms with Gasteiger partial charge in [0.15, 0.2) is 5.78 Å². The van der Waals surface area contributed by atoms with Crippen molar-refractivity contribution in [2.75, 3.05) is 44.7 Å². The lowest BCUT2D eigenvalue weighted by Gasteiger charge is -2.36. The maximum Gasteiger partial charge on any atom is 0.164 e. The molecular formula is C20H23BrN2O2. The number of hydrogen-bond donors (Lipinski definition) is 0. The third kappa shape index (κ3) is 4.61. The summed E-state index contributed by atoms with van der Waals surface area (Å²) >= 11 is 3.40. The van der Waals surface area contributed by atoms with E-state index < -0.39 is 0 Å². The van der Waals surface area contributed by atoms with Crippen molar-refractivity contribution >= 4 is 27.4 Å². The maximum absolute atomic E-state index is 12.3. The van der Waals surface area contributed by atoms with Crippen LogP contribution in [0.1, 0.15) is 16.8 Å². The number of anilines is 1. The van der Waals surface area contributed by atoms with Gasteiger partial charge < -0.3 is 9.64 Å². The highest BCUT2D eigenvalue weighted by Gasteiger charge is 2.20. The number of carbonyl (C=O) groups is 1. The van der Waals surface area contributed by atoms with Gasteiger partial charge in [0.1, 0.15) is 5.75 Å². The molecule has 0 aromatic heterocycles. The van der Waals surface area contributed by atoms with Gasteiger partial charge in [-0.2, -0.15) is 0 Å². The first kappa shape index (κ1) is 18.0. The SMILES string of the molecule is COc1ccccc1N1CCN(CCC(=O)c2ccc(Br)cc2)CC1. The summed E-state index contributed by atoms with van der Waals surface area (Å²) in [6.07, 6.45) is 0.566. The highest BCUT2D eigenvalue weighted by Crippen LogP contribution is 2.28. The Kier molecular flexibility index (Phi) is 6.10. The second-order valence-electron chi connectivity index (χ2n) is 6.18. The number of halogens is 1. The second kappa shape index (κ2) is 8.50. The molecule has 5 heteroatoms. The van der Waals surface area contributed by atoms with Crippen LogP contribution >= 0.6 is 15.9 Å². The molecule has 1 heterocycles. The maximum atomic E-state index is 12.3. The number of ketones is 1. The van der Waals surface area contributed by atoms with Crippen LogP contribution in [0.25, 0.3) is 0 Å². The molecule has 4 nitrogen and oxygen atoms in total. The molecule has 0 spiro atoms. The summed E-state index contributed by atoms with van der Waals surface area (Å²) in [4.78, 5) is 17.0. The average molecular weight is 403 g/mol. The normalized spacial score (nSPS) is 15.2. The molecular weight excluding hydrogens is 380 g/mol. The standard InChI is InChI=1S/C20H23BrN2O2/c1-25-20-5-3-2-4-18(20)23-14-12-22(13-15-23)11-10-19(24)16-6-8-17(21)9-7-16/h2-9H,10-15H2,1H3. The summed E-state index contributed by atoms with van der Waals surface area (Å²) in [6.45, 7) is 4.64. The summed E-state index contributed by atoms with van der Waals surface area (Å²) in [5.41, 5.74) is 1.94. The van der Waals surface area contributed by atoms with E-state index in [-0.39, 0.29) is 5.78 Å². The van der Waals surface area contributed by atoms with E-state index in [1.807, 2.05) is 42.5 Å². The van der Waals surface area contributed by atoms with E-state index in [0.717, 1.165) is 54.2 Å². The fourth-order valence-corrected chi connectivity index (χ4v) is 3.41. The summed E-state index contributed by atoms with van der Waals surface area (Å²) < 4.78 is 6.46. The fraction of sp³-hybridized carbons (Fsp3) is 0.350. The number of carbonyl (C=O) groups excluding carboxylic acids is 1. The van der Waals surface area contributed by atoms with Gasteiger partial charge in [-0.1, -0.05) is 40.2 Å². The van der Waals surface area contributed by atoms with Gasteiger partial charge in [-0.05, 0) is 24.3 Å². The Labute approximate surface area is 157 Å². The van der Waals surface area contributed by atoms with Gasteiger partial charge in [0.2, 0.25) is 0 Å². The molecule has 0 bridgehead atoms. The van der Waals surface area contributed by atoms with Crippen molar-refractivity contribution < 1.29 is 9.53 Å². The Hall–Kier alpha value is -1.85. The predicted molar refractivity (Wildman–Crippen MR) is 105 cm³/mol. The van der Waals surface area contributed by atoms with Crippen LogP contribution in [0.2, 0.25) is 0 Å². The van der Waals surface area contributed by atoms with Crippen LogP contribution in [0.15, 0.2) is 53.0 Å². The Morgan fingerprint density at radius 2 is 1.72 bits per heavy atom. The zero-order valence-electron chi connectivity index (χ0n) is 14.5. The van der Waals surface area contributed by atoms with Crippen molar-refractivity contribution in [2.45, 2.75) is 6.42 Å². The van der Waals surface area contributed by atoms with Crippen LogP contribution in [0, 0.1) is 0 Å². The van der Waals surface area contributed by atoms with Gasteiger partial charge >= 0.3 is 0 Å². The average Bonchev–Trinajstić information content (AvgIpc) is 2.67. The summed E-state index contributed by atoms with van der Waals surface area (Å²) in [6, 6.07) is 15.7. The Morgan fingerprint density at radius 1 is 1.04 bits per heavy atom. The van der Waals surface area contributed by atoms with Crippen LogP contribution in [0.3, 0.4) is 0 Å². The van der Waals surface area contributed by atoms with Crippen LogP contribution in [0.4, 0.5) is 5.69 Å². The molecule has 2 aromatic carbocycles. The second-order valence-corrected chi connectivity index (χ2v) is 7.10. The van der Waals surface area contributed by atoms with Crippen LogP contribution in [0.5, 0.6) is 5.75 Å². The largest absolute Gasteiger partial charge is 0.495 e. The Bertz CT molecular complexity index is 710. The van der Waals surface area contributed by atoms with Crippen molar-refractivity contribution in [3.8, 4) is 5.75 Å². The van der Waals surface area contributed by atoms with Gasteiger partial charge in [0.25, 0.3) is 0 Å². The van der Waals surface area contributed by atoms with Gasteiger partial charge in [-0.15, -0.1) is 0 Å². The van der Waals surface area contributed by atoms with E-state index in [1.54, 1.807) is 7.11 Å². The van der Waals surface area contributed by atoms with Crippen molar-refractivity contribution in [3.05, 3.63) is 58.6 Å². The third-order valence-corrected chi connectivity index (χ3v) is 5.15. The highest BCUT2D eigenvalue weighted by atomic mass is 79.9. The first-order valence-electron chi connectivity index (χ1n) is 8.56. The van der Waals surface area contributed by atoms with E-state index in [4.69, 9.17) is 4.74 Å². The van der Waals surface area contributed by atoms with Crippen LogP contribution < -0.4 is 9.64 Å². The van der Waals surface area contributed by atoms with Crippen molar-refractivity contribution in [1.82, 2.24) is 4.90 Å². The molecule has 0 saturated carbocycles. The van der Waals surface area contributed by atoms with Crippen molar-refractivity contribution in [3.63, 3.8) is 0 Å². The number of hydrogen-bond acceptors (Lipinski definition) is 4. The monoisotopic (exact) mass is 402 g/mol. The lowest BCUT2D eigenvalue weighted by Crippen LogP contribution is -2.47. The number of benzene rings is 2. The fourth-order valence-electron chi connectivity index (χ4n) is 3.14. The zero-order chi connectivity index (χ0) is 17.6. The number of rotatable bonds is 6. The molecule has 0 N–H and O–H groups in total. The van der Waals surface area contributed by atoms with E-state index in [2.05, 4.69) is 31.8 Å². The molecule has 1 fully saturated rings. The number of ether oxygens (including phenoxy) is 1. The Morgan fingerprint density at radius 3 is 2.40 bits per heavy atom. The molecule has 0 unspecified atom stereocenters. The lowest BCUT2D eigenvalue weighted by atomic mass is 10.1. The highest BCUT2D eigenvalue weighted by molar-refractivity contribution is 9.10. The summed E-state index contributed by atoms with van der Waals surface area (Å²) in [5, 5.41) is 0. The third-order valence-electron chi connectivity index (χ3n) is 4.62. The minimum atomic E-state index is 0.208. The van der Waals surface area contributed by atoms with Gasteiger partial charge in [0, 0.05) is 49.2 Å². The Balaban J connectivity index is 1.49. The predicted octanol–water partition coefficient (Wildman–Crippen LogP) is 3.85. The van der Waals surface area contributed by atoms with E-state index in [0.29, 0.717) is 6.42 Å². The molecule has 3 rings (SSSR count). The molecule has 0 amide bonds. The quantitative estimate of drug-likeness (QED) is 0.686. The number of Topliss-reactive ketones (excluding diaryl/α,β-unsaturated/α-hetero) is 1. The zero-order valence-corrected chi connectivity index (χ0v) is 16.0. The topological polar surface area (TPSA) is 32.8 Å². The minimum Gasteiger partial charge on any atom is -0.495 e. The first-order valence-corrected chi connectivity index (χ1v) is 9.36. The van der Waals surface area contributed by atoms with Gasteiger partial charge in [-0.3, -0.25) is 9.69 Å². The van der Waals surface area contributed by atoms with E-state index >= 15 is 0 Å². The molecule has 0 aliphatic carbocycles. The summed E-state index contributed by atoms with van der Waals surface area (Å²) in [7, 11) is 1.71. The van der Waals surface area contributed by atoms with Crippen molar-refractivity contribution in [2.24, 2.45) is 0 Å². The van der Waals surface area contributed by atoms with Crippen LogP contribution in [-0.2, 0) is 0 Å². The first-order chi connectivity index (χ1) is 12.2. The van der Waals surface area contributed by atoms with Gasteiger partial charge in [0.05, 0.1) is 12.8 Å². The smallest absolute Gasteiger partial charge is 0.164 e. The van der Waals surface area contributed by atoms with Gasteiger partial charge in [-0.25, -0.2) is 0 Å². The van der Waals surface area contributed by atoms with E-state index in [1.165, 1.54) is 0 Å². The molecule has 25 heavy (non-hydrogen) atoms. The molecule has 132 valence electrons. The number of piperazine rings is 1. The number of para-hydroxylation sites is 2. The number of nitrogens with zero attached hydrogens (tertiary/aromatic N) is 2. The van der Waals surface area contributed by atoms with Crippen molar-refractivity contribution in [1.29, 1.82) is 0 Å². The molecule has 0 atom stereocenters. The summed E-state index contributed by atoms with van der Waals surface area (Å²) in [5.74, 6) is 1.13. The van der Waals surface area contributed by atoms with E-state index in [9.17, 15) is 4.79 Å². The molecule has 1 saturated heterocycles. The number of methoxy groups -OCH3 is 1. The minimum absolute atomic E-state index is 0.208.